The van der Waals surface area contributed by atoms with Crippen molar-refractivity contribution in [1.29, 1.82) is 0 Å². The lowest BCUT2D eigenvalue weighted by molar-refractivity contribution is -0.115. The maximum atomic E-state index is 12.4. The minimum Gasteiger partial charge on any atom is -0.454 e. The Kier molecular flexibility index (Phi) is 7.25. The van der Waals surface area contributed by atoms with Crippen LogP contribution >= 0.6 is 0 Å². The third-order valence-corrected chi connectivity index (χ3v) is 5.26. The van der Waals surface area contributed by atoms with Crippen LogP contribution in [0.3, 0.4) is 0 Å². The van der Waals surface area contributed by atoms with Gasteiger partial charge in [-0.15, -0.1) is 0 Å². The summed E-state index contributed by atoms with van der Waals surface area (Å²) in [5, 5.41) is 2.80. The smallest absolute Gasteiger partial charge is 0.338 e. The lowest BCUT2D eigenvalue weighted by Gasteiger charge is -2.08. The first-order chi connectivity index (χ1) is 16.6. The summed E-state index contributed by atoms with van der Waals surface area (Å²) in [5.41, 5.74) is 4.33. The minimum absolute atomic E-state index is 0.148. The van der Waals surface area contributed by atoms with Crippen LogP contribution in [0.25, 0.3) is 11.1 Å². The van der Waals surface area contributed by atoms with E-state index in [2.05, 4.69) is 5.32 Å². The number of hydrogen-bond donors (Lipinski definition) is 1. The van der Waals surface area contributed by atoms with Gasteiger partial charge in [0.1, 0.15) is 0 Å². The maximum Gasteiger partial charge on any atom is 0.338 e. The third kappa shape index (κ3) is 6.04. The summed E-state index contributed by atoms with van der Waals surface area (Å²) in [6, 6.07) is 32.9. The molecule has 1 N–H and O–H groups in total. The van der Waals surface area contributed by atoms with Crippen molar-refractivity contribution in [2.45, 2.75) is 6.42 Å². The van der Waals surface area contributed by atoms with Crippen LogP contribution in [0.2, 0.25) is 0 Å². The number of hydrogen-bond acceptors (Lipinski definition) is 4. The fourth-order valence-electron chi connectivity index (χ4n) is 3.45. The minimum atomic E-state index is -0.601. The monoisotopic (exact) mass is 449 g/mol. The van der Waals surface area contributed by atoms with E-state index in [0.29, 0.717) is 16.8 Å². The van der Waals surface area contributed by atoms with Crippen LogP contribution in [0.15, 0.2) is 109 Å². The zero-order valence-electron chi connectivity index (χ0n) is 18.4. The van der Waals surface area contributed by atoms with E-state index in [1.165, 1.54) is 0 Å². The van der Waals surface area contributed by atoms with E-state index in [9.17, 15) is 14.4 Å². The largest absolute Gasteiger partial charge is 0.454 e. The number of amides is 1. The standard InChI is InChI=1S/C29H23NO4/c31-27(24-13-11-23(12-14-24)22-9-5-2-6-10-22)20-34-29(33)25-15-17-26(18-16-25)30-28(32)19-21-7-3-1-4-8-21/h1-18H,19-20H2,(H,30,32). The first-order valence-electron chi connectivity index (χ1n) is 10.9. The Bertz CT molecular complexity index is 1270. The highest BCUT2D eigenvalue weighted by Crippen LogP contribution is 2.19. The highest BCUT2D eigenvalue weighted by Gasteiger charge is 2.13. The summed E-state index contributed by atoms with van der Waals surface area (Å²) < 4.78 is 5.18. The van der Waals surface area contributed by atoms with E-state index in [0.717, 1.165) is 16.7 Å². The molecule has 5 heteroatoms. The first kappa shape index (κ1) is 22.7. The number of esters is 1. The predicted molar refractivity (Wildman–Crippen MR) is 132 cm³/mol. The zero-order valence-corrected chi connectivity index (χ0v) is 18.4. The molecule has 0 saturated heterocycles. The van der Waals surface area contributed by atoms with E-state index >= 15 is 0 Å². The fraction of sp³-hybridized carbons (Fsp3) is 0.0690. The quantitative estimate of drug-likeness (QED) is 0.282. The third-order valence-electron chi connectivity index (χ3n) is 5.26. The van der Waals surface area contributed by atoms with E-state index in [1.54, 1.807) is 36.4 Å². The maximum absolute atomic E-state index is 12.4. The molecular formula is C29H23NO4. The number of anilines is 1. The molecule has 0 atom stereocenters. The Morgan fingerprint density at radius 2 is 1.18 bits per heavy atom. The summed E-state index contributed by atoms with van der Waals surface area (Å²) in [6.45, 7) is -0.348. The second kappa shape index (κ2) is 10.9. The van der Waals surface area contributed by atoms with Gasteiger partial charge in [0.2, 0.25) is 5.91 Å². The van der Waals surface area contributed by atoms with Crippen LogP contribution < -0.4 is 5.32 Å². The molecule has 4 rings (SSSR count). The van der Waals surface area contributed by atoms with Crippen LogP contribution in [0.1, 0.15) is 26.3 Å². The van der Waals surface area contributed by atoms with Gasteiger partial charge in [0.25, 0.3) is 0 Å². The number of Topliss-reactive ketones (excluding diaryl/α,β-unsaturated/α-hetero) is 1. The molecule has 0 heterocycles. The van der Waals surface area contributed by atoms with Crippen molar-refractivity contribution in [1.82, 2.24) is 0 Å². The van der Waals surface area contributed by atoms with Gasteiger partial charge in [-0.2, -0.15) is 0 Å². The molecule has 0 unspecified atom stereocenters. The number of carbonyl (C=O) groups is 3. The average molecular weight is 450 g/mol. The van der Waals surface area contributed by atoms with Crippen molar-refractivity contribution < 1.29 is 19.1 Å². The molecule has 0 saturated carbocycles. The summed E-state index contributed by atoms with van der Waals surface area (Å²) >= 11 is 0. The zero-order chi connectivity index (χ0) is 23.8. The van der Waals surface area contributed by atoms with Gasteiger partial charge in [0.05, 0.1) is 12.0 Å². The number of rotatable bonds is 8. The van der Waals surface area contributed by atoms with Crippen LogP contribution in [0.4, 0.5) is 5.69 Å². The Morgan fingerprint density at radius 3 is 1.82 bits per heavy atom. The highest BCUT2D eigenvalue weighted by molar-refractivity contribution is 6.00. The van der Waals surface area contributed by atoms with Crippen LogP contribution in [0.5, 0.6) is 0 Å². The SMILES string of the molecule is O=C(Cc1ccccc1)Nc1ccc(C(=O)OCC(=O)c2ccc(-c3ccccc3)cc2)cc1. The molecule has 34 heavy (non-hydrogen) atoms. The molecule has 168 valence electrons. The van der Waals surface area contributed by atoms with E-state index in [-0.39, 0.29) is 24.7 Å². The second-order valence-corrected chi connectivity index (χ2v) is 7.73. The summed E-state index contributed by atoms with van der Waals surface area (Å²) in [7, 11) is 0. The lowest BCUT2D eigenvalue weighted by atomic mass is 10.0. The lowest BCUT2D eigenvalue weighted by Crippen LogP contribution is -2.15. The molecule has 0 radical (unpaired) electrons. The number of ketones is 1. The Labute approximate surface area is 198 Å². The number of nitrogens with one attached hydrogen (secondary N) is 1. The molecule has 1 amide bonds. The summed E-state index contributed by atoms with van der Waals surface area (Å²) in [5.74, 6) is -1.03. The molecule has 4 aromatic carbocycles. The van der Waals surface area contributed by atoms with Crippen molar-refractivity contribution in [3.63, 3.8) is 0 Å². The molecule has 5 nitrogen and oxygen atoms in total. The molecule has 0 bridgehead atoms. The number of carbonyl (C=O) groups excluding carboxylic acids is 3. The molecule has 0 aromatic heterocycles. The Hall–Kier alpha value is -4.51. The molecule has 0 aliphatic heterocycles. The molecule has 4 aromatic rings. The number of benzene rings is 4. The van der Waals surface area contributed by atoms with Crippen LogP contribution in [-0.2, 0) is 16.0 Å². The second-order valence-electron chi connectivity index (χ2n) is 7.73. The van der Waals surface area contributed by atoms with Crippen LogP contribution in [0, 0.1) is 0 Å². The van der Waals surface area contributed by atoms with Crippen molar-refractivity contribution in [2.24, 2.45) is 0 Å². The molecule has 0 aliphatic carbocycles. The fourth-order valence-corrected chi connectivity index (χ4v) is 3.45. The molecule has 0 aliphatic rings. The summed E-state index contributed by atoms with van der Waals surface area (Å²) in [4.78, 5) is 36.9. The van der Waals surface area contributed by atoms with E-state index < -0.39 is 5.97 Å². The van der Waals surface area contributed by atoms with E-state index in [1.807, 2.05) is 72.8 Å². The highest BCUT2D eigenvalue weighted by atomic mass is 16.5. The van der Waals surface area contributed by atoms with Crippen molar-refractivity contribution in [2.75, 3.05) is 11.9 Å². The van der Waals surface area contributed by atoms with Gasteiger partial charge in [-0.05, 0) is 41.0 Å². The van der Waals surface area contributed by atoms with E-state index in [4.69, 9.17) is 4.74 Å². The van der Waals surface area contributed by atoms with Gasteiger partial charge in [-0.25, -0.2) is 4.79 Å². The van der Waals surface area contributed by atoms with Crippen molar-refractivity contribution in [3.05, 3.63) is 126 Å². The van der Waals surface area contributed by atoms with Crippen LogP contribution in [-0.4, -0.2) is 24.3 Å². The molecule has 0 fully saturated rings. The van der Waals surface area contributed by atoms with Gasteiger partial charge in [-0.1, -0.05) is 84.9 Å². The molecule has 0 spiro atoms. The predicted octanol–water partition coefficient (Wildman–Crippen LogP) is 5.57. The van der Waals surface area contributed by atoms with Gasteiger partial charge in [0.15, 0.2) is 12.4 Å². The number of ether oxygens (including phenoxy) is 1. The normalized spacial score (nSPS) is 10.4. The van der Waals surface area contributed by atoms with Crippen molar-refractivity contribution in [3.8, 4) is 11.1 Å². The van der Waals surface area contributed by atoms with Gasteiger partial charge < -0.3 is 10.1 Å². The van der Waals surface area contributed by atoms with Gasteiger partial charge >= 0.3 is 5.97 Å². The van der Waals surface area contributed by atoms with Gasteiger partial charge in [0, 0.05) is 11.3 Å². The van der Waals surface area contributed by atoms with Gasteiger partial charge in [-0.3, -0.25) is 9.59 Å². The first-order valence-corrected chi connectivity index (χ1v) is 10.9. The summed E-state index contributed by atoms with van der Waals surface area (Å²) in [6.07, 6.45) is 0.263. The molecular weight excluding hydrogens is 426 g/mol. The average Bonchev–Trinajstić information content (AvgIpc) is 2.88. The topological polar surface area (TPSA) is 72.5 Å². The Morgan fingerprint density at radius 1 is 0.618 bits per heavy atom. The van der Waals surface area contributed by atoms with Crippen molar-refractivity contribution >= 4 is 23.3 Å². The Balaban J connectivity index is 1.28.